The third-order valence-corrected chi connectivity index (χ3v) is 7.29. The summed E-state index contributed by atoms with van der Waals surface area (Å²) < 4.78 is 31.0. The van der Waals surface area contributed by atoms with Crippen molar-refractivity contribution in [1.82, 2.24) is 15.1 Å². The zero-order chi connectivity index (χ0) is 27.7. The minimum absolute atomic E-state index is 0.0773. The molecule has 10 heteroatoms. The molecule has 3 rings (SSSR count). The summed E-state index contributed by atoms with van der Waals surface area (Å²) in [4.78, 5) is 28.4. The number of carbonyl (C=O) groups is 2. The highest BCUT2D eigenvalue weighted by Gasteiger charge is 2.57. The van der Waals surface area contributed by atoms with E-state index >= 15 is 8.78 Å². The highest BCUT2D eigenvalue weighted by atomic mass is 35.5. The number of benzene rings is 2. The van der Waals surface area contributed by atoms with Crippen LogP contribution in [0.1, 0.15) is 50.8 Å². The number of halogens is 4. The summed E-state index contributed by atoms with van der Waals surface area (Å²) in [7, 11) is 3.26. The summed E-state index contributed by atoms with van der Waals surface area (Å²) in [6, 6.07) is 7.07. The van der Waals surface area contributed by atoms with Gasteiger partial charge in [0.15, 0.2) is 0 Å². The lowest BCUT2D eigenvalue weighted by Crippen LogP contribution is -2.50. The maximum absolute atomic E-state index is 15.5. The molecule has 3 N–H and O–H groups in total. The van der Waals surface area contributed by atoms with Crippen molar-refractivity contribution in [2.24, 2.45) is 17.1 Å². The minimum atomic E-state index is -1.51. The van der Waals surface area contributed by atoms with Gasteiger partial charge >= 0.3 is 6.03 Å². The van der Waals surface area contributed by atoms with E-state index in [2.05, 4.69) is 5.32 Å². The summed E-state index contributed by atoms with van der Waals surface area (Å²) in [5.41, 5.74) is 5.62. The molecule has 0 bridgehead atoms. The summed E-state index contributed by atoms with van der Waals surface area (Å²) >= 11 is 12.2. The molecule has 0 unspecified atom stereocenters. The first-order valence-corrected chi connectivity index (χ1v) is 12.9. The Balaban J connectivity index is 2.15. The second-order valence-electron chi connectivity index (χ2n) is 11.0. The Labute approximate surface area is 227 Å². The van der Waals surface area contributed by atoms with Gasteiger partial charge in [-0.25, -0.2) is 13.6 Å². The van der Waals surface area contributed by atoms with Gasteiger partial charge in [0, 0.05) is 55.7 Å². The molecule has 1 aliphatic rings. The number of likely N-dealkylation sites (tertiary alicyclic amines) is 1. The summed E-state index contributed by atoms with van der Waals surface area (Å²) in [6.07, 6.45) is 0.612. The fourth-order valence-electron chi connectivity index (χ4n) is 5.11. The van der Waals surface area contributed by atoms with Crippen LogP contribution in [0.4, 0.5) is 13.6 Å². The van der Waals surface area contributed by atoms with Gasteiger partial charge in [0.05, 0.1) is 16.6 Å². The molecule has 3 atom stereocenters. The Kier molecular flexibility index (Phi) is 8.77. The van der Waals surface area contributed by atoms with Crippen molar-refractivity contribution in [3.8, 4) is 0 Å². The van der Waals surface area contributed by atoms with Crippen molar-refractivity contribution >= 4 is 35.1 Å². The predicted octanol–water partition coefficient (Wildman–Crippen LogP) is 5.72. The van der Waals surface area contributed by atoms with Crippen LogP contribution in [0.2, 0.25) is 10.0 Å². The molecule has 1 saturated heterocycles. The van der Waals surface area contributed by atoms with Crippen molar-refractivity contribution in [1.29, 1.82) is 0 Å². The van der Waals surface area contributed by atoms with Crippen LogP contribution in [0, 0.1) is 23.0 Å². The Morgan fingerprint density at radius 1 is 1.19 bits per heavy atom. The molecule has 0 saturated carbocycles. The van der Waals surface area contributed by atoms with Crippen molar-refractivity contribution in [3.05, 3.63) is 69.2 Å². The molecule has 37 heavy (non-hydrogen) atoms. The molecule has 0 spiro atoms. The number of hydrogen-bond acceptors (Lipinski definition) is 3. The SMILES string of the molecule is CN(C)C(=O)CCNC(=O)N1C[C@@H](CC(C)(C)C)[C@](N)(c2ccc(Cl)cc2F)[C@H]1c1cccc(Cl)c1F. The number of rotatable bonds is 6. The molecule has 0 aliphatic carbocycles. The minimum Gasteiger partial charge on any atom is -0.349 e. The topological polar surface area (TPSA) is 78.7 Å². The average molecular weight is 555 g/mol. The lowest BCUT2D eigenvalue weighted by molar-refractivity contribution is -0.128. The fourth-order valence-corrected chi connectivity index (χ4v) is 5.45. The normalized spacial score (nSPS) is 21.7. The zero-order valence-corrected chi connectivity index (χ0v) is 23.3. The molecular formula is C27H34Cl2F2N4O2. The van der Waals surface area contributed by atoms with E-state index in [4.69, 9.17) is 28.9 Å². The zero-order valence-electron chi connectivity index (χ0n) is 21.7. The first-order chi connectivity index (χ1) is 17.2. The maximum Gasteiger partial charge on any atom is 0.318 e. The van der Waals surface area contributed by atoms with Crippen molar-refractivity contribution in [3.63, 3.8) is 0 Å². The van der Waals surface area contributed by atoms with E-state index in [1.807, 2.05) is 20.8 Å². The number of nitrogens with one attached hydrogen (secondary N) is 1. The van der Waals surface area contributed by atoms with Crippen LogP contribution in [-0.2, 0) is 10.3 Å². The van der Waals surface area contributed by atoms with Gasteiger partial charge in [0.2, 0.25) is 5.91 Å². The van der Waals surface area contributed by atoms with E-state index in [0.717, 1.165) is 0 Å². The fraction of sp³-hybridized carbons (Fsp3) is 0.481. The molecular weight excluding hydrogens is 521 g/mol. The van der Waals surface area contributed by atoms with Gasteiger partial charge in [-0.2, -0.15) is 0 Å². The number of nitrogens with zero attached hydrogens (tertiary/aromatic N) is 2. The van der Waals surface area contributed by atoms with Gasteiger partial charge in [-0.1, -0.05) is 62.2 Å². The van der Waals surface area contributed by atoms with E-state index in [-0.39, 0.29) is 52.0 Å². The number of hydrogen-bond donors (Lipinski definition) is 2. The molecule has 0 aromatic heterocycles. The second kappa shape index (κ2) is 11.1. The monoisotopic (exact) mass is 554 g/mol. The van der Waals surface area contributed by atoms with Crippen LogP contribution in [0.3, 0.4) is 0 Å². The van der Waals surface area contributed by atoms with Gasteiger partial charge in [0.1, 0.15) is 11.6 Å². The van der Waals surface area contributed by atoms with Crippen molar-refractivity contribution in [2.45, 2.75) is 45.2 Å². The van der Waals surface area contributed by atoms with Crippen LogP contribution in [0.5, 0.6) is 0 Å². The highest BCUT2D eigenvalue weighted by Crippen LogP contribution is 2.53. The van der Waals surface area contributed by atoms with Crippen LogP contribution >= 0.6 is 23.2 Å². The van der Waals surface area contributed by atoms with Gasteiger partial charge in [-0.05, 0) is 30.0 Å². The lowest BCUT2D eigenvalue weighted by atomic mass is 9.69. The van der Waals surface area contributed by atoms with E-state index in [9.17, 15) is 9.59 Å². The van der Waals surface area contributed by atoms with Gasteiger partial charge in [-0.15, -0.1) is 0 Å². The molecule has 3 amide bonds. The van der Waals surface area contributed by atoms with Crippen LogP contribution < -0.4 is 11.1 Å². The lowest BCUT2D eigenvalue weighted by Gasteiger charge is -2.40. The molecule has 202 valence electrons. The third-order valence-electron chi connectivity index (χ3n) is 6.76. The van der Waals surface area contributed by atoms with Crippen LogP contribution in [0.25, 0.3) is 0 Å². The third kappa shape index (κ3) is 6.19. The standard InChI is InChI=1S/C27H34Cl2F2N4O2/c1-26(2,3)14-16-15-35(25(37)33-12-11-22(36)34(4)5)24(18-7-6-8-20(29)23(18)31)27(16,32)19-10-9-17(28)13-21(19)30/h6-10,13,16,24H,11-12,14-15,32H2,1-5H3,(H,33,37)/t16-,24-,27+/m1/s1. The van der Waals surface area contributed by atoms with E-state index in [1.165, 1.54) is 40.1 Å². The number of nitrogens with two attached hydrogens (primary N) is 1. The maximum atomic E-state index is 15.5. The van der Waals surface area contributed by atoms with Crippen LogP contribution in [0.15, 0.2) is 36.4 Å². The second-order valence-corrected chi connectivity index (χ2v) is 11.8. The average Bonchev–Trinajstić information content (AvgIpc) is 3.06. The molecule has 2 aromatic rings. The molecule has 1 aliphatic heterocycles. The van der Waals surface area contributed by atoms with Gasteiger partial charge in [0.25, 0.3) is 0 Å². The van der Waals surface area contributed by atoms with Gasteiger partial charge < -0.3 is 20.9 Å². The quantitative estimate of drug-likeness (QED) is 0.479. The first kappa shape index (κ1) is 29.1. The van der Waals surface area contributed by atoms with Crippen LogP contribution in [-0.4, -0.2) is 48.9 Å². The molecule has 1 heterocycles. The molecule has 6 nitrogen and oxygen atoms in total. The Hall–Kier alpha value is -2.42. The summed E-state index contributed by atoms with van der Waals surface area (Å²) in [5.74, 6) is -1.96. The van der Waals surface area contributed by atoms with Crippen molar-refractivity contribution < 1.29 is 18.4 Å². The Bertz CT molecular complexity index is 1170. The van der Waals surface area contributed by atoms with E-state index < -0.39 is 35.2 Å². The van der Waals surface area contributed by atoms with Gasteiger partial charge in [-0.3, -0.25) is 4.79 Å². The number of carbonyl (C=O) groups excluding carboxylic acids is 2. The van der Waals surface area contributed by atoms with Crippen molar-refractivity contribution in [2.75, 3.05) is 27.2 Å². The smallest absolute Gasteiger partial charge is 0.318 e. The highest BCUT2D eigenvalue weighted by molar-refractivity contribution is 6.31. The van der Waals surface area contributed by atoms with E-state index in [1.54, 1.807) is 20.2 Å². The Morgan fingerprint density at radius 3 is 2.46 bits per heavy atom. The molecule has 1 fully saturated rings. The first-order valence-electron chi connectivity index (χ1n) is 12.1. The molecule has 2 aromatic carbocycles. The largest absolute Gasteiger partial charge is 0.349 e. The summed E-state index contributed by atoms with van der Waals surface area (Å²) in [6.45, 7) is 6.29. The summed E-state index contributed by atoms with van der Waals surface area (Å²) in [5, 5.41) is 2.82. The number of amides is 3. The predicted molar refractivity (Wildman–Crippen MR) is 142 cm³/mol. The molecule has 0 radical (unpaired) electrons. The van der Waals surface area contributed by atoms with E-state index in [0.29, 0.717) is 6.42 Å². The Morgan fingerprint density at radius 2 is 1.86 bits per heavy atom. The number of urea groups is 1.